The Hall–Kier alpha value is -2.33. The molecule has 0 heterocycles. The Kier molecular flexibility index (Phi) is 6.82. The van der Waals surface area contributed by atoms with Gasteiger partial charge < -0.3 is 15.7 Å². The number of urea groups is 1. The molecule has 0 aliphatic carbocycles. The maximum atomic E-state index is 11.9. The van der Waals surface area contributed by atoms with Crippen molar-refractivity contribution in [3.05, 3.63) is 70.8 Å². The molecule has 0 saturated heterocycles. The summed E-state index contributed by atoms with van der Waals surface area (Å²) in [4.78, 5) is 11.9. The molecule has 0 bridgehead atoms. The van der Waals surface area contributed by atoms with Crippen molar-refractivity contribution in [2.75, 3.05) is 13.2 Å². The van der Waals surface area contributed by atoms with Crippen LogP contribution in [0.2, 0.25) is 0 Å². The number of hydrogen-bond donors (Lipinski definition) is 3. The summed E-state index contributed by atoms with van der Waals surface area (Å²) in [5.41, 5.74) is 4.63. The maximum absolute atomic E-state index is 11.9. The van der Waals surface area contributed by atoms with Gasteiger partial charge in [0.1, 0.15) is 0 Å². The third kappa shape index (κ3) is 6.05. The van der Waals surface area contributed by atoms with Crippen LogP contribution in [0.15, 0.2) is 48.5 Å². The van der Waals surface area contributed by atoms with Gasteiger partial charge in [0.05, 0.1) is 0 Å². The van der Waals surface area contributed by atoms with Gasteiger partial charge in [0.2, 0.25) is 0 Å². The lowest BCUT2D eigenvalue weighted by molar-refractivity contribution is 0.214. The van der Waals surface area contributed by atoms with Crippen LogP contribution in [-0.4, -0.2) is 24.3 Å². The molecule has 2 rings (SSSR count). The quantitative estimate of drug-likeness (QED) is 0.732. The van der Waals surface area contributed by atoms with Gasteiger partial charge in [-0.15, -0.1) is 0 Å². The number of carbonyl (C=O) groups is 1. The lowest BCUT2D eigenvalue weighted by atomic mass is 9.99. The van der Waals surface area contributed by atoms with E-state index in [9.17, 15) is 9.90 Å². The van der Waals surface area contributed by atoms with E-state index in [1.807, 2.05) is 38.1 Å². The Balaban J connectivity index is 1.75. The van der Waals surface area contributed by atoms with E-state index >= 15 is 0 Å². The fourth-order valence-corrected chi connectivity index (χ4v) is 2.56. The molecule has 2 aromatic rings. The zero-order chi connectivity index (χ0) is 17.4. The van der Waals surface area contributed by atoms with E-state index in [0.29, 0.717) is 13.1 Å². The number of benzene rings is 2. The standard InChI is InChI=1S/C20H26N2O2/c1-15-6-8-17(9-7-15)11-19(14-23)13-22-20(24)21-12-18-5-3-4-16(2)10-18/h3-10,19,23H,11-14H2,1-2H3,(H2,21,22,24)/t19-/m1/s1. The number of nitrogens with one attached hydrogen (secondary N) is 2. The van der Waals surface area contributed by atoms with Crippen LogP contribution in [0.3, 0.4) is 0 Å². The number of aliphatic hydroxyl groups is 1. The Bertz CT molecular complexity index is 653. The highest BCUT2D eigenvalue weighted by Crippen LogP contribution is 2.09. The van der Waals surface area contributed by atoms with Gasteiger partial charge in [-0.25, -0.2) is 4.79 Å². The lowest BCUT2D eigenvalue weighted by Crippen LogP contribution is -2.39. The van der Waals surface area contributed by atoms with Crippen LogP contribution >= 0.6 is 0 Å². The molecule has 128 valence electrons. The van der Waals surface area contributed by atoms with Crippen molar-refractivity contribution >= 4 is 6.03 Å². The van der Waals surface area contributed by atoms with Crippen LogP contribution in [0.25, 0.3) is 0 Å². The summed E-state index contributed by atoms with van der Waals surface area (Å²) in [7, 11) is 0. The molecule has 2 amide bonds. The highest BCUT2D eigenvalue weighted by atomic mass is 16.3. The van der Waals surface area contributed by atoms with Crippen molar-refractivity contribution in [1.29, 1.82) is 0 Å². The summed E-state index contributed by atoms with van der Waals surface area (Å²) >= 11 is 0. The van der Waals surface area contributed by atoms with Crippen molar-refractivity contribution in [3.63, 3.8) is 0 Å². The molecule has 0 radical (unpaired) electrons. The first-order chi connectivity index (χ1) is 11.6. The zero-order valence-electron chi connectivity index (χ0n) is 14.4. The van der Waals surface area contributed by atoms with Crippen molar-refractivity contribution < 1.29 is 9.90 Å². The minimum absolute atomic E-state index is 0.0115. The summed E-state index contributed by atoms with van der Waals surface area (Å²) in [6.07, 6.45) is 0.745. The summed E-state index contributed by atoms with van der Waals surface area (Å²) in [6.45, 7) is 5.07. The van der Waals surface area contributed by atoms with E-state index in [0.717, 1.165) is 12.0 Å². The van der Waals surface area contributed by atoms with Gasteiger partial charge in [-0.05, 0) is 31.4 Å². The molecule has 4 nitrogen and oxygen atoms in total. The molecule has 24 heavy (non-hydrogen) atoms. The molecule has 0 unspecified atom stereocenters. The van der Waals surface area contributed by atoms with Gasteiger partial charge in [0.25, 0.3) is 0 Å². The zero-order valence-corrected chi connectivity index (χ0v) is 14.4. The molecule has 0 spiro atoms. The Morgan fingerprint density at radius 1 is 1.00 bits per heavy atom. The van der Waals surface area contributed by atoms with E-state index in [1.165, 1.54) is 16.7 Å². The third-order valence-electron chi connectivity index (χ3n) is 3.99. The van der Waals surface area contributed by atoms with Crippen LogP contribution in [0, 0.1) is 19.8 Å². The number of rotatable bonds is 7. The molecule has 0 aromatic heterocycles. The van der Waals surface area contributed by atoms with Gasteiger partial charge in [-0.1, -0.05) is 59.7 Å². The molecule has 2 aromatic carbocycles. The Morgan fingerprint density at radius 3 is 2.42 bits per heavy atom. The minimum Gasteiger partial charge on any atom is -0.396 e. The molecule has 0 saturated carbocycles. The predicted octanol–water partition coefficient (Wildman–Crippen LogP) is 2.95. The topological polar surface area (TPSA) is 61.4 Å². The second-order valence-electron chi connectivity index (χ2n) is 6.29. The SMILES string of the molecule is Cc1ccc(C[C@@H](CO)CNC(=O)NCc2cccc(C)c2)cc1. The Morgan fingerprint density at radius 2 is 1.75 bits per heavy atom. The molecular weight excluding hydrogens is 300 g/mol. The van der Waals surface area contributed by atoms with Gasteiger partial charge in [0.15, 0.2) is 0 Å². The van der Waals surface area contributed by atoms with Gasteiger partial charge in [-0.3, -0.25) is 0 Å². The number of aliphatic hydroxyl groups excluding tert-OH is 1. The van der Waals surface area contributed by atoms with Gasteiger partial charge in [0, 0.05) is 25.6 Å². The molecule has 0 aliphatic heterocycles. The first-order valence-corrected chi connectivity index (χ1v) is 8.30. The molecule has 1 atom stereocenters. The average Bonchev–Trinajstić information content (AvgIpc) is 2.58. The average molecular weight is 326 g/mol. The van der Waals surface area contributed by atoms with Crippen LogP contribution in [-0.2, 0) is 13.0 Å². The molecule has 3 N–H and O–H groups in total. The number of carbonyl (C=O) groups excluding carboxylic acids is 1. The minimum atomic E-state index is -0.209. The largest absolute Gasteiger partial charge is 0.396 e. The molecular formula is C20H26N2O2. The second kappa shape index (κ2) is 9.08. The fraction of sp³-hybridized carbons (Fsp3) is 0.350. The molecule has 4 heteroatoms. The maximum Gasteiger partial charge on any atom is 0.315 e. The molecule has 0 aliphatic rings. The second-order valence-corrected chi connectivity index (χ2v) is 6.29. The van der Waals surface area contributed by atoms with Gasteiger partial charge >= 0.3 is 6.03 Å². The monoisotopic (exact) mass is 326 g/mol. The van der Waals surface area contributed by atoms with Crippen molar-refractivity contribution in [3.8, 4) is 0 Å². The van der Waals surface area contributed by atoms with E-state index in [-0.39, 0.29) is 18.6 Å². The smallest absolute Gasteiger partial charge is 0.315 e. The van der Waals surface area contributed by atoms with E-state index < -0.39 is 0 Å². The summed E-state index contributed by atoms with van der Waals surface area (Å²) < 4.78 is 0. The van der Waals surface area contributed by atoms with Gasteiger partial charge in [-0.2, -0.15) is 0 Å². The molecule has 0 fully saturated rings. The predicted molar refractivity (Wildman–Crippen MR) is 96.9 cm³/mol. The van der Waals surface area contributed by atoms with Crippen LogP contribution in [0.4, 0.5) is 4.79 Å². The highest BCUT2D eigenvalue weighted by Gasteiger charge is 2.10. The van der Waals surface area contributed by atoms with E-state index in [1.54, 1.807) is 0 Å². The van der Waals surface area contributed by atoms with Crippen LogP contribution in [0.1, 0.15) is 22.3 Å². The number of amides is 2. The van der Waals surface area contributed by atoms with E-state index in [4.69, 9.17) is 0 Å². The fourth-order valence-electron chi connectivity index (χ4n) is 2.56. The van der Waals surface area contributed by atoms with E-state index in [2.05, 4.69) is 34.9 Å². The number of hydrogen-bond acceptors (Lipinski definition) is 2. The van der Waals surface area contributed by atoms with Crippen LogP contribution < -0.4 is 10.6 Å². The van der Waals surface area contributed by atoms with Crippen molar-refractivity contribution in [2.24, 2.45) is 5.92 Å². The highest BCUT2D eigenvalue weighted by molar-refractivity contribution is 5.73. The first kappa shape index (κ1) is 18.0. The Labute approximate surface area is 143 Å². The van der Waals surface area contributed by atoms with Crippen LogP contribution in [0.5, 0.6) is 0 Å². The first-order valence-electron chi connectivity index (χ1n) is 8.30. The summed E-state index contributed by atoms with van der Waals surface area (Å²) in [6, 6.07) is 16.1. The lowest BCUT2D eigenvalue weighted by Gasteiger charge is -2.16. The summed E-state index contributed by atoms with van der Waals surface area (Å²) in [5.74, 6) is 0.0115. The summed E-state index contributed by atoms with van der Waals surface area (Å²) in [5, 5.41) is 15.2. The number of aryl methyl sites for hydroxylation is 2. The third-order valence-corrected chi connectivity index (χ3v) is 3.99. The van der Waals surface area contributed by atoms with Crippen molar-refractivity contribution in [1.82, 2.24) is 10.6 Å². The normalized spacial score (nSPS) is 11.8. The van der Waals surface area contributed by atoms with Crippen molar-refractivity contribution in [2.45, 2.75) is 26.8 Å².